The highest BCUT2D eigenvalue weighted by molar-refractivity contribution is 7.09. The number of benzene rings is 1. The Bertz CT molecular complexity index is 397. The topological polar surface area (TPSA) is 22.1 Å². The van der Waals surface area contributed by atoms with Crippen LogP contribution in [0.1, 0.15) is 10.7 Å². The van der Waals surface area contributed by atoms with Crippen LogP contribution in [-0.4, -0.2) is 4.98 Å². The summed E-state index contributed by atoms with van der Waals surface area (Å²) < 4.78 is 5.55. The van der Waals surface area contributed by atoms with Gasteiger partial charge in [-0.3, -0.25) is 0 Å². The number of nitrogens with zero attached hydrogens (tertiary/aromatic N) is 1. The van der Waals surface area contributed by atoms with Gasteiger partial charge in [-0.15, -0.1) is 11.3 Å². The predicted molar refractivity (Wildman–Crippen MR) is 57.6 cm³/mol. The Morgan fingerprint density at radius 2 is 2.07 bits per heavy atom. The number of rotatable bonds is 3. The van der Waals surface area contributed by atoms with Gasteiger partial charge >= 0.3 is 0 Å². The maximum Gasteiger partial charge on any atom is 0.140 e. The fourth-order valence-electron chi connectivity index (χ4n) is 1.13. The van der Waals surface area contributed by atoms with E-state index in [0.29, 0.717) is 6.61 Å². The second-order valence-electron chi connectivity index (χ2n) is 2.98. The van der Waals surface area contributed by atoms with Gasteiger partial charge in [-0.25, -0.2) is 4.98 Å². The number of hydrogen-bond acceptors (Lipinski definition) is 3. The molecule has 1 aromatic heterocycles. The molecular weight excluding hydrogens is 194 g/mol. The third-order valence-corrected chi connectivity index (χ3v) is 2.71. The molecule has 0 spiro atoms. The molecule has 1 heterocycles. The highest BCUT2D eigenvalue weighted by Gasteiger charge is 1.98. The fourth-order valence-corrected chi connectivity index (χ4v) is 1.81. The van der Waals surface area contributed by atoms with E-state index >= 15 is 0 Å². The Morgan fingerprint density at radius 3 is 2.71 bits per heavy atom. The minimum Gasteiger partial charge on any atom is -0.486 e. The van der Waals surface area contributed by atoms with E-state index in [-0.39, 0.29) is 0 Å². The molecule has 0 unspecified atom stereocenters. The largest absolute Gasteiger partial charge is 0.486 e. The van der Waals surface area contributed by atoms with Crippen molar-refractivity contribution >= 4 is 11.3 Å². The normalized spacial score (nSPS) is 10.1. The number of aromatic nitrogens is 1. The van der Waals surface area contributed by atoms with Gasteiger partial charge in [-0.05, 0) is 19.1 Å². The van der Waals surface area contributed by atoms with Gasteiger partial charge in [-0.1, -0.05) is 18.2 Å². The van der Waals surface area contributed by atoms with Crippen LogP contribution in [0.4, 0.5) is 0 Å². The Hall–Kier alpha value is -1.35. The van der Waals surface area contributed by atoms with Crippen LogP contribution >= 0.6 is 11.3 Å². The molecule has 2 rings (SSSR count). The van der Waals surface area contributed by atoms with Crippen molar-refractivity contribution in [2.75, 3.05) is 0 Å². The zero-order valence-electron chi connectivity index (χ0n) is 7.93. The van der Waals surface area contributed by atoms with Crippen molar-refractivity contribution in [3.8, 4) is 5.75 Å². The lowest BCUT2D eigenvalue weighted by Gasteiger charge is -2.02. The minimum absolute atomic E-state index is 0.558. The Kier molecular flexibility index (Phi) is 2.79. The quantitative estimate of drug-likeness (QED) is 0.768. The second kappa shape index (κ2) is 4.24. The first-order valence-corrected chi connectivity index (χ1v) is 5.31. The molecule has 0 aliphatic rings. The fraction of sp³-hybridized carbons (Fsp3) is 0.182. The van der Waals surface area contributed by atoms with E-state index < -0.39 is 0 Å². The number of aryl methyl sites for hydroxylation is 1. The van der Waals surface area contributed by atoms with Crippen molar-refractivity contribution in [2.24, 2.45) is 0 Å². The van der Waals surface area contributed by atoms with Crippen molar-refractivity contribution in [3.63, 3.8) is 0 Å². The van der Waals surface area contributed by atoms with E-state index in [2.05, 4.69) is 4.98 Å². The standard InChI is InChI=1S/C11H11NOS/c1-9-8-14-11(12-9)7-13-10-5-3-2-4-6-10/h2-6,8H,7H2,1H3. The average molecular weight is 205 g/mol. The van der Waals surface area contributed by atoms with Crippen molar-refractivity contribution in [1.82, 2.24) is 4.98 Å². The molecular formula is C11H11NOS. The van der Waals surface area contributed by atoms with Crippen LogP contribution in [0, 0.1) is 6.92 Å². The van der Waals surface area contributed by atoms with Crippen LogP contribution in [0.25, 0.3) is 0 Å². The summed E-state index contributed by atoms with van der Waals surface area (Å²) in [5, 5.41) is 3.05. The van der Waals surface area contributed by atoms with E-state index in [1.807, 2.05) is 42.6 Å². The second-order valence-corrected chi connectivity index (χ2v) is 3.93. The lowest BCUT2D eigenvalue weighted by molar-refractivity contribution is 0.305. The molecule has 0 fully saturated rings. The monoisotopic (exact) mass is 205 g/mol. The van der Waals surface area contributed by atoms with Crippen molar-refractivity contribution in [1.29, 1.82) is 0 Å². The van der Waals surface area contributed by atoms with Gasteiger partial charge in [0.1, 0.15) is 17.4 Å². The molecule has 0 radical (unpaired) electrons. The molecule has 0 amide bonds. The first kappa shape index (κ1) is 9.21. The molecule has 0 N–H and O–H groups in total. The molecule has 0 saturated carbocycles. The third-order valence-electron chi connectivity index (χ3n) is 1.77. The van der Waals surface area contributed by atoms with Crippen molar-refractivity contribution in [3.05, 3.63) is 46.4 Å². The number of ether oxygens (including phenoxy) is 1. The summed E-state index contributed by atoms with van der Waals surface area (Å²) in [5.41, 5.74) is 1.06. The van der Waals surface area contributed by atoms with Crippen LogP contribution in [0.3, 0.4) is 0 Å². The number of thiazole rings is 1. The van der Waals surface area contributed by atoms with E-state index in [9.17, 15) is 0 Å². The zero-order valence-corrected chi connectivity index (χ0v) is 8.75. The van der Waals surface area contributed by atoms with Gasteiger partial charge < -0.3 is 4.74 Å². The van der Waals surface area contributed by atoms with E-state index in [0.717, 1.165) is 16.5 Å². The third kappa shape index (κ3) is 2.33. The van der Waals surface area contributed by atoms with Crippen LogP contribution in [-0.2, 0) is 6.61 Å². The van der Waals surface area contributed by atoms with Crippen LogP contribution in [0.2, 0.25) is 0 Å². The molecule has 0 aliphatic heterocycles. The van der Waals surface area contributed by atoms with Gasteiger partial charge in [0.15, 0.2) is 0 Å². The summed E-state index contributed by atoms with van der Waals surface area (Å²) in [6.07, 6.45) is 0. The Labute approximate surface area is 87.2 Å². The summed E-state index contributed by atoms with van der Waals surface area (Å²) in [7, 11) is 0. The SMILES string of the molecule is Cc1csc(COc2ccccc2)n1. The predicted octanol–water partition coefficient (Wildman–Crippen LogP) is 3.03. The van der Waals surface area contributed by atoms with Crippen molar-refractivity contribution < 1.29 is 4.74 Å². The first-order valence-electron chi connectivity index (χ1n) is 4.43. The smallest absolute Gasteiger partial charge is 0.140 e. The molecule has 1 aromatic carbocycles. The average Bonchev–Trinajstić information content (AvgIpc) is 2.63. The highest BCUT2D eigenvalue weighted by Crippen LogP contribution is 2.14. The lowest BCUT2D eigenvalue weighted by atomic mass is 10.3. The summed E-state index contributed by atoms with van der Waals surface area (Å²) in [4.78, 5) is 4.32. The van der Waals surface area contributed by atoms with Gasteiger partial charge in [0, 0.05) is 11.1 Å². The van der Waals surface area contributed by atoms with E-state index in [1.54, 1.807) is 11.3 Å². The maximum absolute atomic E-state index is 5.55. The molecule has 2 nitrogen and oxygen atoms in total. The molecule has 2 aromatic rings. The first-order chi connectivity index (χ1) is 6.84. The van der Waals surface area contributed by atoms with Gasteiger partial charge in [0.25, 0.3) is 0 Å². The van der Waals surface area contributed by atoms with Gasteiger partial charge in [0.2, 0.25) is 0 Å². The molecule has 0 aliphatic carbocycles. The van der Waals surface area contributed by atoms with Crippen LogP contribution < -0.4 is 4.74 Å². The molecule has 14 heavy (non-hydrogen) atoms. The summed E-state index contributed by atoms with van der Waals surface area (Å²) >= 11 is 1.63. The summed E-state index contributed by atoms with van der Waals surface area (Å²) in [6, 6.07) is 9.78. The molecule has 0 atom stereocenters. The maximum atomic E-state index is 5.55. The minimum atomic E-state index is 0.558. The van der Waals surface area contributed by atoms with Crippen molar-refractivity contribution in [2.45, 2.75) is 13.5 Å². The molecule has 0 bridgehead atoms. The summed E-state index contributed by atoms with van der Waals surface area (Å²) in [5.74, 6) is 0.889. The lowest BCUT2D eigenvalue weighted by Crippen LogP contribution is -1.94. The van der Waals surface area contributed by atoms with E-state index in [1.165, 1.54) is 0 Å². The Balaban J connectivity index is 1.95. The Morgan fingerprint density at radius 1 is 1.29 bits per heavy atom. The van der Waals surface area contributed by atoms with Gasteiger partial charge in [-0.2, -0.15) is 0 Å². The summed E-state index contributed by atoms with van der Waals surface area (Å²) in [6.45, 7) is 2.55. The highest BCUT2D eigenvalue weighted by atomic mass is 32.1. The molecule has 72 valence electrons. The zero-order chi connectivity index (χ0) is 9.80. The number of hydrogen-bond donors (Lipinski definition) is 0. The van der Waals surface area contributed by atoms with Crippen LogP contribution in [0.5, 0.6) is 5.75 Å². The van der Waals surface area contributed by atoms with Gasteiger partial charge in [0.05, 0.1) is 0 Å². The number of para-hydroxylation sites is 1. The van der Waals surface area contributed by atoms with E-state index in [4.69, 9.17) is 4.74 Å². The molecule has 0 saturated heterocycles. The molecule has 3 heteroatoms. The van der Waals surface area contributed by atoms with Crippen LogP contribution in [0.15, 0.2) is 35.7 Å².